The SMILES string of the molecule is COc1ccc2cc([C@H](C)C(=O)Nc3ccc(F)cc3)ccc2c1. The molecule has 4 heteroatoms. The molecule has 122 valence electrons. The molecule has 24 heavy (non-hydrogen) atoms. The Hall–Kier alpha value is -2.88. The monoisotopic (exact) mass is 323 g/mol. The van der Waals surface area contributed by atoms with Crippen molar-refractivity contribution < 1.29 is 13.9 Å². The molecule has 0 aliphatic carbocycles. The summed E-state index contributed by atoms with van der Waals surface area (Å²) in [6.07, 6.45) is 0. The van der Waals surface area contributed by atoms with Crippen molar-refractivity contribution in [3.05, 3.63) is 72.0 Å². The molecule has 1 atom stereocenters. The molecule has 0 aliphatic heterocycles. The number of methoxy groups -OCH3 is 1. The fraction of sp³-hybridized carbons (Fsp3) is 0.150. The van der Waals surface area contributed by atoms with Gasteiger partial charge in [-0.25, -0.2) is 4.39 Å². The summed E-state index contributed by atoms with van der Waals surface area (Å²) in [5.41, 5.74) is 1.51. The number of fused-ring (bicyclic) bond motifs is 1. The van der Waals surface area contributed by atoms with Crippen LogP contribution in [0, 0.1) is 5.82 Å². The maximum Gasteiger partial charge on any atom is 0.231 e. The number of amides is 1. The Balaban J connectivity index is 1.80. The van der Waals surface area contributed by atoms with Crippen molar-refractivity contribution in [2.45, 2.75) is 12.8 Å². The fourth-order valence-corrected chi connectivity index (χ4v) is 2.57. The normalized spacial score (nSPS) is 12.0. The summed E-state index contributed by atoms with van der Waals surface area (Å²) in [6, 6.07) is 17.5. The number of carbonyl (C=O) groups excluding carboxylic acids is 1. The van der Waals surface area contributed by atoms with Gasteiger partial charge in [0.25, 0.3) is 0 Å². The Kier molecular flexibility index (Phi) is 4.47. The Labute approximate surface area is 140 Å². The van der Waals surface area contributed by atoms with Crippen LogP contribution in [0.2, 0.25) is 0 Å². The van der Waals surface area contributed by atoms with Gasteiger partial charge < -0.3 is 10.1 Å². The molecular formula is C20H18FNO2. The van der Waals surface area contributed by atoms with Crippen molar-refractivity contribution in [2.24, 2.45) is 0 Å². The van der Waals surface area contributed by atoms with Crippen LogP contribution in [0.25, 0.3) is 10.8 Å². The first-order valence-corrected chi connectivity index (χ1v) is 7.71. The Morgan fingerprint density at radius 3 is 2.38 bits per heavy atom. The summed E-state index contributed by atoms with van der Waals surface area (Å²) >= 11 is 0. The molecule has 3 aromatic rings. The van der Waals surface area contributed by atoms with E-state index < -0.39 is 0 Å². The lowest BCUT2D eigenvalue weighted by Gasteiger charge is -2.14. The molecule has 0 aromatic heterocycles. The highest BCUT2D eigenvalue weighted by molar-refractivity contribution is 5.96. The number of carbonyl (C=O) groups is 1. The lowest BCUT2D eigenvalue weighted by atomic mass is 9.97. The number of nitrogens with one attached hydrogen (secondary N) is 1. The molecule has 0 bridgehead atoms. The van der Waals surface area contributed by atoms with E-state index in [1.165, 1.54) is 12.1 Å². The van der Waals surface area contributed by atoms with Crippen molar-refractivity contribution in [2.75, 3.05) is 12.4 Å². The average Bonchev–Trinajstić information content (AvgIpc) is 2.62. The summed E-state index contributed by atoms with van der Waals surface area (Å²) in [5, 5.41) is 4.92. The Morgan fingerprint density at radius 1 is 1.00 bits per heavy atom. The summed E-state index contributed by atoms with van der Waals surface area (Å²) in [6.45, 7) is 1.85. The van der Waals surface area contributed by atoms with Crippen LogP contribution in [0.3, 0.4) is 0 Å². The number of hydrogen-bond acceptors (Lipinski definition) is 2. The highest BCUT2D eigenvalue weighted by Gasteiger charge is 2.16. The molecule has 0 heterocycles. The third-order valence-corrected chi connectivity index (χ3v) is 4.08. The smallest absolute Gasteiger partial charge is 0.231 e. The first-order chi connectivity index (χ1) is 11.6. The number of benzene rings is 3. The molecule has 0 fully saturated rings. The van der Waals surface area contributed by atoms with Crippen molar-refractivity contribution in [3.8, 4) is 5.75 Å². The number of anilines is 1. The second-order valence-corrected chi connectivity index (χ2v) is 5.69. The Morgan fingerprint density at radius 2 is 1.67 bits per heavy atom. The Bertz CT molecular complexity index is 874. The molecule has 0 unspecified atom stereocenters. The van der Waals surface area contributed by atoms with Gasteiger partial charge in [-0.15, -0.1) is 0 Å². The van der Waals surface area contributed by atoms with E-state index in [9.17, 15) is 9.18 Å². The maximum absolute atomic E-state index is 12.9. The summed E-state index contributed by atoms with van der Waals surface area (Å²) in [5.74, 6) is 0.0272. The van der Waals surface area contributed by atoms with E-state index in [1.807, 2.05) is 43.3 Å². The number of halogens is 1. The van der Waals surface area contributed by atoms with Gasteiger partial charge in [-0.05, 0) is 59.7 Å². The van der Waals surface area contributed by atoms with Gasteiger partial charge in [-0.1, -0.05) is 24.3 Å². The highest BCUT2D eigenvalue weighted by atomic mass is 19.1. The molecular weight excluding hydrogens is 305 g/mol. The molecule has 0 saturated carbocycles. The minimum Gasteiger partial charge on any atom is -0.497 e. The third-order valence-electron chi connectivity index (χ3n) is 4.08. The highest BCUT2D eigenvalue weighted by Crippen LogP contribution is 2.26. The van der Waals surface area contributed by atoms with E-state index >= 15 is 0 Å². The molecule has 1 amide bonds. The van der Waals surface area contributed by atoms with Crippen LogP contribution >= 0.6 is 0 Å². The quantitative estimate of drug-likeness (QED) is 0.754. The van der Waals surface area contributed by atoms with E-state index in [0.29, 0.717) is 5.69 Å². The predicted molar refractivity (Wildman–Crippen MR) is 93.9 cm³/mol. The standard InChI is InChI=1S/C20H18FNO2/c1-13(20(23)22-18-8-6-17(21)7-9-18)14-3-4-16-12-19(24-2)10-5-15(16)11-14/h3-13H,1-2H3,(H,22,23)/t13-/m0/s1. The van der Waals surface area contributed by atoms with Crippen LogP contribution in [-0.4, -0.2) is 13.0 Å². The minimum atomic E-state index is -0.328. The molecule has 3 nitrogen and oxygen atoms in total. The number of ether oxygens (including phenoxy) is 1. The zero-order valence-electron chi connectivity index (χ0n) is 13.5. The van der Waals surface area contributed by atoms with E-state index in [2.05, 4.69) is 5.32 Å². The average molecular weight is 323 g/mol. The van der Waals surface area contributed by atoms with Crippen LogP contribution < -0.4 is 10.1 Å². The molecule has 0 radical (unpaired) electrons. The predicted octanol–water partition coefficient (Wildman–Crippen LogP) is 4.73. The van der Waals surface area contributed by atoms with Gasteiger partial charge in [0.2, 0.25) is 5.91 Å². The molecule has 0 spiro atoms. The van der Waals surface area contributed by atoms with Crippen LogP contribution in [-0.2, 0) is 4.79 Å². The van der Waals surface area contributed by atoms with Crippen molar-refractivity contribution in [3.63, 3.8) is 0 Å². The van der Waals surface area contributed by atoms with E-state index in [1.54, 1.807) is 19.2 Å². The molecule has 0 saturated heterocycles. The van der Waals surface area contributed by atoms with Gasteiger partial charge in [-0.2, -0.15) is 0 Å². The lowest BCUT2D eigenvalue weighted by molar-refractivity contribution is -0.117. The van der Waals surface area contributed by atoms with Gasteiger partial charge in [0.15, 0.2) is 0 Å². The molecule has 1 N–H and O–H groups in total. The second kappa shape index (κ2) is 6.71. The maximum atomic E-state index is 12.9. The van der Waals surface area contributed by atoms with E-state index in [4.69, 9.17) is 4.74 Å². The first-order valence-electron chi connectivity index (χ1n) is 7.71. The molecule has 3 rings (SSSR count). The zero-order valence-corrected chi connectivity index (χ0v) is 13.5. The van der Waals surface area contributed by atoms with E-state index in [0.717, 1.165) is 22.1 Å². The van der Waals surface area contributed by atoms with Crippen molar-refractivity contribution in [1.82, 2.24) is 0 Å². The lowest BCUT2D eigenvalue weighted by Crippen LogP contribution is -2.18. The minimum absolute atomic E-state index is 0.130. The molecule has 3 aromatic carbocycles. The van der Waals surface area contributed by atoms with E-state index in [-0.39, 0.29) is 17.6 Å². The third kappa shape index (κ3) is 3.38. The first kappa shape index (κ1) is 16.0. The summed E-state index contributed by atoms with van der Waals surface area (Å²) in [7, 11) is 1.64. The second-order valence-electron chi connectivity index (χ2n) is 5.69. The van der Waals surface area contributed by atoms with Gasteiger partial charge in [0.05, 0.1) is 13.0 Å². The van der Waals surface area contributed by atoms with Crippen LogP contribution in [0.15, 0.2) is 60.7 Å². The number of rotatable bonds is 4. The van der Waals surface area contributed by atoms with Crippen LogP contribution in [0.5, 0.6) is 5.75 Å². The van der Waals surface area contributed by atoms with Gasteiger partial charge in [-0.3, -0.25) is 4.79 Å². The van der Waals surface area contributed by atoms with Crippen molar-refractivity contribution >= 4 is 22.4 Å². The summed E-state index contributed by atoms with van der Waals surface area (Å²) < 4.78 is 18.2. The van der Waals surface area contributed by atoms with Crippen LogP contribution in [0.1, 0.15) is 18.4 Å². The van der Waals surface area contributed by atoms with Gasteiger partial charge in [0.1, 0.15) is 11.6 Å². The van der Waals surface area contributed by atoms with Gasteiger partial charge >= 0.3 is 0 Å². The number of hydrogen-bond donors (Lipinski definition) is 1. The molecule has 0 aliphatic rings. The zero-order chi connectivity index (χ0) is 17.1. The fourth-order valence-electron chi connectivity index (χ4n) is 2.57. The van der Waals surface area contributed by atoms with Crippen molar-refractivity contribution in [1.29, 1.82) is 0 Å². The summed E-state index contributed by atoms with van der Waals surface area (Å²) in [4.78, 5) is 12.4. The van der Waals surface area contributed by atoms with Crippen LogP contribution in [0.4, 0.5) is 10.1 Å². The topological polar surface area (TPSA) is 38.3 Å². The van der Waals surface area contributed by atoms with Gasteiger partial charge in [0, 0.05) is 5.69 Å². The largest absolute Gasteiger partial charge is 0.497 e.